The molecule has 0 atom stereocenters. The van der Waals surface area contributed by atoms with Gasteiger partial charge in [-0.2, -0.15) is 0 Å². The third-order valence-electron chi connectivity index (χ3n) is 7.03. The van der Waals surface area contributed by atoms with Gasteiger partial charge in [-0.1, -0.05) is 54.6 Å². The maximum Gasteiger partial charge on any atom is 0.282 e. The molecule has 2 aromatic carbocycles. The second-order valence-corrected chi connectivity index (χ2v) is 9.38. The van der Waals surface area contributed by atoms with Gasteiger partial charge in [-0.3, -0.25) is 0 Å². The number of hydrogen-bond acceptors (Lipinski definition) is 3. The SMILES string of the molecule is [NH3+]C1(c2ccc(-c3nc4ccnc(N5CC(F)(F)C5)c4cc3-c3ccccc3)cc2)CCC1. The minimum absolute atomic E-state index is 0.0391. The Balaban J connectivity index is 1.50. The molecule has 2 fully saturated rings. The van der Waals surface area contributed by atoms with Crippen LogP contribution >= 0.6 is 0 Å². The molecule has 0 unspecified atom stereocenters. The van der Waals surface area contributed by atoms with Crippen molar-refractivity contribution >= 4 is 16.7 Å². The average Bonchev–Trinajstić information content (AvgIpc) is 2.80. The van der Waals surface area contributed by atoms with Crippen LogP contribution in [0.15, 0.2) is 72.9 Å². The molecular weight excluding hydrogens is 418 g/mol. The van der Waals surface area contributed by atoms with Gasteiger partial charge in [0.05, 0.1) is 24.3 Å². The third kappa shape index (κ3) is 3.45. The molecule has 1 saturated carbocycles. The smallest absolute Gasteiger partial charge is 0.282 e. The van der Waals surface area contributed by atoms with Crippen LogP contribution < -0.4 is 10.6 Å². The van der Waals surface area contributed by atoms with Gasteiger partial charge in [0.2, 0.25) is 0 Å². The van der Waals surface area contributed by atoms with E-state index < -0.39 is 5.92 Å². The number of hydrogen-bond donors (Lipinski definition) is 1. The Morgan fingerprint density at radius 3 is 2.24 bits per heavy atom. The van der Waals surface area contributed by atoms with E-state index in [4.69, 9.17) is 4.98 Å². The molecule has 0 radical (unpaired) electrons. The predicted molar refractivity (Wildman–Crippen MR) is 126 cm³/mol. The number of nitrogens with zero attached hydrogens (tertiary/aromatic N) is 3. The van der Waals surface area contributed by atoms with Crippen molar-refractivity contribution in [2.24, 2.45) is 0 Å². The van der Waals surface area contributed by atoms with Crippen LogP contribution in [0.3, 0.4) is 0 Å². The Hall–Kier alpha value is -3.38. The number of anilines is 1. The Kier molecular flexibility index (Phi) is 4.49. The molecule has 1 aliphatic heterocycles. The molecule has 3 heterocycles. The van der Waals surface area contributed by atoms with E-state index in [9.17, 15) is 8.78 Å². The fraction of sp³-hybridized carbons (Fsp3) is 0.259. The number of aromatic nitrogens is 2. The van der Waals surface area contributed by atoms with Crippen LogP contribution in [0.4, 0.5) is 14.6 Å². The first-order valence-corrected chi connectivity index (χ1v) is 11.4. The number of quaternary nitrogens is 1. The topological polar surface area (TPSA) is 56.7 Å². The van der Waals surface area contributed by atoms with Crippen molar-refractivity contribution in [1.29, 1.82) is 0 Å². The van der Waals surface area contributed by atoms with Crippen molar-refractivity contribution in [1.82, 2.24) is 9.97 Å². The molecule has 4 nitrogen and oxygen atoms in total. The van der Waals surface area contributed by atoms with E-state index in [2.05, 4.69) is 41.0 Å². The fourth-order valence-electron chi connectivity index (χ4n) is 4.93. The van der Waals surface area contributed by atoms with E-state index in [0.717, 1.165) is 46.1 Å². The van der Waals surface area contributed by atoms with Crippen molar-refractivity contribution in [2.45, 2.75) is 30.7 Å². The van der Waals surface area contributed by atoms with Gasteiger partial charge < -0.3 is 10.6 Å². The molecule has 4 aromatic rings. The van der Waals surface area contributed by atoms with Crippen LogP contribution in [0.2, 0.25) is 0 Å². The van der Waals surface area contributed by atoms with Crippen LogP contribution in [-0.2, 0) is 5.54 Å². The lowest BCUT2D eigenvalue weighted by molar-refractivity contribution is -0.509. The normalized spacial score (nSPS) is 18.6. The molecule has 0 amide bonds. The summed E-state index contributed by atoms with van der Waals surface area (Å²) in [7, 11) is 0. The van der Waals surface area contributed by atoms with Gasteiger partial charge in [-0.25, -0.2) is 18.7 Å². The highest BCUT2D eigenvalue weighted by molar-refractivity contribution is 5.97. The highest BCUT2D eigenvalue weighted by Crippen LogP contribution is 2.40. The molecule has 6 heteroatoms. The largest absolute Gasteiger partial charge is 0.349 e. The van der Waals surface area contributed by atoms with Gasteiger partial charge in [-0.05, 0) is 24.1 Å². The van der Waals surface area contributed by atoms with Crippen molar-refractivity contribution in [3.05, 3.63) is 78.5 Å². The number of alkyl halides is 2. The van der Waals surface area contributed by atoms with Gasteiger partial charge in [0.1, 0.15) is 11.4 Å². The number of rotatable bonds is 4. The number of pyridine rings is 2. The van der Waals surface area contributed by atoms with Crippen molar-refractivity contribution < 1.29 is 14.5 Å². The van der Waals surface area contributed by atoms with Gasteiger partial charge in [0.15, 0.2) is 0 Å². The number of benzene rings is 2. The zero-order valence-corrected chi connectivity index (χ0v) is 18.3. The Morgan fingerprint density at radius 1 is 0.879 bits per heavy atom. The summed E-state index contributed by atoms with van der Waals surface area (Å²) >= 11 is 0. The summed E-state index contributed by atoms with van der Waals surface area (Å²) in [6, 6.07) is 22.6. The monoisotopic (exact) mass is 443 g/mol. The number of fused-ring (bicyclic) bond motifs is 1. The summed E-state index contributed by atoms with van der Waals surface area (Å²) < 4.78 is 27.1. The molecule has 1 saturated heterocycles. The molecule has 0 bridgehead atoms. The van der Waals surface area contributed by atoms with Crippen LogP contribution in [0.25, 0.3) is 33.3 Å². The maximum atomic E-state index is 13.6. The van der Waals surface area contributed by atoms with Gasteiger partial charge >= 0.3 is 0 Å². The number of halogens is 2. The maximum absolute atomic E-state index is 13.6. The summed E-state index contributed by atoms with van der Waals surface area (Å²) in [5.74, 6) is -2.10. The van der Waals surface area contributed by atoms with Crippen molar-refractivity contribution in [3.8, 4) is 22.4 Å². The van der Waals surface area contributed by atoms with Crippen LogP contribution in [0, 0.1) is 0 Å². The van der Waals surface area contributed by atoms with E-state index in [0.29, 0.717) is 5.82 Å². The Morgan fingerprint density at radius 2 is 1.61 bits per heavy atom. The van der Waals surface area contributed by atoms with Crippen molar-refractivity contribution in [3.63, 3.8) is 0 Å². The Labute approximate surface area is 191 Å². The quantitative estimate of drug-likeness (QED) is 0.481. The molecule has 2 aromatic heterocycles. The second kappa shape index (κ2) is 7.32. The van der Waals surface area contributed by atoms with Crippen LogP contribution in [-0.4, -0.2) is 29.0 Å². The van der Waals surface area contributed by atoms with E-state index in [1.165, 1.54) is 12.0 Å². The second-order valence-electron chi connectivity index (χ2n) is 9.38. The van der Waals surface area contributed by atoms with Crippen molar-refractivity contribution in [2.75, 3.05) is 18.0 Å². The summed E-state index contributed by atoms with van der Waals surface area (Å²) in [6.07, 6.45) is 5.14. The summed E-state index contributed by atoms with van der Waals surface area (Å²) in [5, 5.41) is 0.790. The summed E-state index contributed by atoms with van der Waals surface area (Å²) in [6.45, 7) is -0.619. The van der Waals surface area contributed by atoms with Gasteiger partial charge in [0.25, 0.3) is 5.92 Å². The van der Waals surface area contributed by atoms with Gasteiger partial charge in [0, 0.05) is 41.1 Å². The molecule has 6 rings (SSSR count). The van der Waals surface area contributed by atoms with Crippen LogP contribution in [0.5, 0.6) is 0 Å². The van der Waals surface area contributed by atoms with Crippen LogP contribution in [0.1, 0.15) is 24.8 Å². The van der Waals surface area contributed by atoms with Gasteiger partial charge in [-0.15, -0.1) is 0 Å². The predicted octanol–water partition coefficient (Wildman–Crippen LogP) is 5.04. The molecule has 0 spiro atoms. The summed E-state index contributed by atoms with van der Waals surface area (Å²) in [5.41, 5.74) is 10.4. The fourth-order valence-corrected chi connectivity index (χ4v) is 4.93. The molecule has 3 N–H and O–H groups in total. The minimum Gasteiger partial charge on any atom is -0.349 e. The third-order valence-corrected chi connectivity index (χ3v) is 7.03. The molecule has 1 aliphatic carbocycles. The average molecular weight is 444 g/mol. The zero-order valence-electron chi connectivity index (χ0n) is 18.3. The summed E-state index contributed by atoms with van der Waals surface area (Å²) in [4.78, 5) is 11.1. The first-order chi connectivity index (χ1) is 15.9. The van der Waals surface area contributed by atoms with E-state index in [1.807, 2.05) is 36.4 Å². The molecular formula is C27H25F2N4+. The highest BCUT2D eigenvalue weighted by Gasteiger charge is 2.45. The zero-order chi connectivity index (χ0) is 22.6. The van der Waals surface area contributed by atoms with E-state index in [-0.39, 0.29) is 18.6 Å². The first-order valence-electron chi connectivity index (χ1n) is 11.4. The lowest BCUT2D eigenvalue weighted by atomic mass is 9.72. The van der Waals surface area contributed by atoms with E-state index >= 15 is 0 Å². The Bertz CT molecular complexity index is 1320. The molecule has 166 valence electrons. The lowest BCUT2D eigenvalue weighted by Gasteiger charge is -2.40. The molecule has 33 heavy (non-hydrogen) atoms. The highest BCUT2D eigenvalue weighted by atomic mass is 19.3. The minimum atomic E-state index is -2.66. The molecule has 2 aliphatic rings. The first kappa shape index (κ1) is 20.2. The lowest BCUT2D eigenvalue weighted by Crippen LogP contribution is -2.73. The van der Waals surface area contributed by atoms with E-state index in [1.54, 1.807) is 11.1 Å². The standard InChI is InChI=1S/C27H24F2N4/c28-27(29)16-33(17-27)25-22-15-21(18-5-2-1-3-6-18)24(32-23(22)11-14-31-25)19-7-9-20(10-8-19)26(30)12-4-13-26/h1-3,5-11,14-15H,4,12-13,16-17,30H2/p+1.